The van der Waals surface area contributed by atoms with E-state index in [2.05, 4.69) is 178 Å². The predicted octanol–water partition coefficient (Wildman–Crippen LogP) is 13.4. The van der Waals surface area contributed by atoms with Crippen molar-refractivity contribution in [3.8, 4) is 67.3 Å². The van der Waals surface area contributed by atoms with E-state index in [9.17, 15) is 0 Å². The highest BCUT2D eigenvalue weighted by molar-refractivity contribution is 6.01. The molecule has 250 valence electrons. The van der Waals surface area contributed by atoms with Crippen molar-refractivity contribution < 1.29 is 0 Å². The Morgan fingerprint density at radius 3 is 1.75 bits per heavy atom. The van der Waals surface area contributed by atoms with Gasteiger partial charge < -0.3 is 0 Å². The molecule has 0 atom stereocenters. The highest BCUT2D eigenvalue weighted by Gasteiger charge is 2.37. The zero-order chi connectivity index (χ0) is 35.5. The second kappa shape index (κ2) is 12.3. The van der Waals surface area contributed by atoms with Gasteiger partial charge in [-0.3, -0.25) is 0 Å². The van der Waals surface area contributed by atoms with Gasteiger partial charge in [0.15, 0.2) is 5.82 Å². The van der Waals surface area contributed by atoms with Gasteiger partial charge in [-0.05, 0) is 84.3 Å². The summed E-state index contributed by atoms with van der Waals surface area (Å²) in [4.78, 5) is 10.4. The van der Waals surface area contributed by atoms with E-state index in [0.717, 1.165) is 33.6 Å². The molecule has 53 heavy (non-hydrogen) atoms. The Morgan fingerprint density at radius 2 is 0.943 bits per heavy atom. The van der Waals surface area contributed by atoms with Crippen LogP contribution in [0.4, 0.5) is 0 Å². The molecule has 1 aliphatic carbocycles. The van der Waals surface area contributed by atoms with E-state index >= 15 is 0 Å². The van der Waals surface area contributed by atoms with Crippen molar-refractivity contribution in [2.24, 2.45) is 0 Å². The molecule has 1 heterocycles. The molecule has 0 unspecified atom stereocenters. The largest absolute Gasteiger partial charge is 0.228 e. The second-order valence-electron chi connectivity index (χ2n) is 14.6. The van der Waals surface area contributed by atoms with Gasteiger partial charge in [-0.2, -0.15) is 0 Å². The van der Waals surface area contributed by atoms with E-state index in [4.69, 9.17) is 9.97 Å². The summed E-state index contributed by atoms with van der Waals surface area (Å²) in [6, 6.07) is 65.4. The Hall–Kier alpha value is -6.64. The summed E-state index contributed by atoms with van der Waals surface area (Å²) in [5, 5.41) is 5.01. The molecule has 2 heteroatoms. The molecule has 8 aromatic carbocycles. The number of benzene rings is 8. The predicted molar refractivity (Wildman–Crippen MR) is 222 cm³/mol. The first-order valence-electron chi connectivity index (χ1n) is 18.3. The third-order valence-electron chi connectivity index (χ3n) is 11.1. The van der Waals surface area contributed by atoms with E-state index in [1.165, 1.54) is 60.5 Å². The monoisotopic (exact) mass is 676 g/mol. The molecule has 1 aromatic heterocycles. The van der Waals surface area contributed by atoms with Crippen LogP contribution >= 0.6 is 0 Å². The van der Waals surface area contributed by atoms with Gasteiger partial charge in [0.1, 0.15) is 0 Å². The Kier molecular flexibility index (Phi) is 7.19. The van der Waals surface area contributed by atoms with Crippen LogP contribution in [0.15, 0.2) is 182 Å². The van der Waals surface area contributed by atoms with Gasteiger partial charge >= 0.3 is 0 Å². The molecule has 0 N–H and O–H groups in total. The number of fused-ring (bicyclic) bond motifs is 5. The lowest BCUT2D eigenvalue weighted by molar-refractivity contribution is 0.661. The van der Waals surface area contributed by atoms with Crippen LogP contribution < -0.4 is 0 Å². The first kappa shape index (κ1) is 31.1. The lowest BCUT2D eigenvalue weighted by atomic mass is 9.81. The third kappa shape index (κ3) is 5.18. The van der Waals surface area contributed by atoms with Crippen LogP contribution in [0.5, 0.6) is 0 Å². The van der Waals surface area contributed by atoms with Crippen LogP contribution in [-0.2, 0) is 5.41 Å². The van der Waals surface area contributed by atoms with E-state index in [-0.39, 0.29) is 5.41 Å². The SMILES string of the molecule is CC1(C)c2cc3ccccc3cc2-c2c(-c3ccc(-c4cc(-c5ccccc5-c5cccc6ccccc56)nc(-c5ccccc5)n4)cc3)cccc21. The van der Waals surface area contributed by atoms with Crippen molar-refractivity contribution in [3.05, 3.63) is 193 Å². The van der Waals surface area contributed by atoms with E-state index in [1.54, 1.807) is 0 Å². The average Bonchev–Trinajstić information content (AvgIpc) is 3.45. The molecular formula is C51H36N2. The topological polar surface area (TPSA) is 25.8 Å². The maximum absolute atomic E-state index is 5.22. The standard InChI is InChI=1S/C51H36N2/c1-51(2)45-25-13-23-40(49(45)44-30-37-17-6-7-18-38(37)31-46(44)51)34-26-28-35(29-27-34)47-32-48(53-50(52-47)36-15-4-3-5-16-36)43-22-11-10-21-42(43)41-24-12-19-33-14-8-9-20-39(33)41/h3-32H,1-2H3. The molecule has 10 rings (SSSR count). The smallest absolute Gasteiger partial charge is 0.160 e. The molecule has 0 aliphatic heterocycles. The second-order valence-corrected chi connectivity index (χ2v) is 14.6. The minimum Gasteiger partial charge on any atom is -0.228 e. The summed E-state index contributed by atoms with van der Waals surface area (Å²) in [7, 11) is 0. The summed E-state index contributed by atoms with van der Waals surface area (Å²) in [5.41, 5.74) is 15.1. The Labute approximate surface area is 310 Å². The van der Waals surface area contributed by atoms with Gasteiger partial charge in [0, 0.05) is 22.1 Å². The van der Waals surface area contributed by atoms with Gasteiger partial charge in [0.05, 0.1) is 11.4 Å². The normalized spacial score (nSPS) is 12.9. The highest BCUT2D eigenvalue weighted by atomic mass is 14.9. The maximum Gasteiger partial charge on any atom is 0.160 e. The zero-order valence-corrected chi connectivity index (χ0v) is 29.7. The molecule has 0 bridgehead atoms. The van der Waals surface area contributed by atoms with Crippen molar-refractivity contribution in [2.45, 2.75) is 19.3 Å². The van der Waals surface area contributed by atoms with E-state index in [1.807, 2.05) is 18.2 Å². The molecule has 0 saturated heterocycles. The van der Waals surface area contributed by atoms with E-state index in [0.29, 0.717) is 5.82 Å². The number of hydrogen-bond donors (Lipinski definition) is 0. The van der Waals surface area contributed by atoms with Crippen LogP contribution in [-0.4, -0.2) is 9.97 Å². The molecule has 0 radical (unpaired) electrons. The molecule has 0 saturated carbocycles. The van der Waals surface area contributed by atoms with Gasteiger partial charge in [-0.25, -0.2) is 9.97 Å². The fourth-order valence-electron chi connectivity index (χ4n) is 8.38. The molecule has 0 fully saturated rings. The van der Waals surface area contributed by atoms with Crippen LogP contribution in [0.1, 0.15) is 25.0 Å². The van der Waals surface area contributed by atoms with Gasteiger partial charge in [-0.15, -0.1) is 0 Å². The van der Waals surface area contributed by atoms with Crippen LogP contribution in [0.3, 0.4) is 0 Å². The average molecular weight is 677 g/mol. The number of aromatic nitrogens is 2. The summed E-state index contributed by atoms with van der Waals surface area (Å²) >= 11 is 0. The minimum absolute atomic E-state index is 0.0851. The van der Waals surface area contributed by atoms with Crippen LogP contribution in [0.25, 0.3) is 88.8 Å². The molecule has 0 spiro atoms. The summed E-state index contributed by atoms with van der Waals surface area (Å²) < 4.78 is 0. The first-order chi connectivity index (χ1) is 26.0. The number of hydrogen-bond acceptors (Lipinski definition) is 2. The summed E-state index contributed by atoms with van der Waals surface area (Å²) in [5.74, 6) is 0.710. The Balaban J connectivity index is 1.10. The van der Waals surface area contributed by atoms with Crippen molar-refractivity contribution in [1.29, 1.82) is 0 Å². The Bertz CT molecular complexity index is 2840. The van der Waals surface area contributed by atoms with Crippen molar-refractivity contribution in [1.82, 2.24) is 9.97 Å². The molecular weight excluding hydrogens is 641 g/mol. The fraction of sp³-hybridized carbons (Fsp3) is 0.0588. The molecule has 0 amide bonds. The van der Waals surface area contributed by atoms with Gasteiger partial charge in [-0.1, -0.05) is 178 Å². The minimum atomic E-state index is -0.0851. The highest BCUT2D eigenvalue weighted by Crippen LogP contribution is 2.53. The quantitative estimate of drug-likeness (QED) is 0.181. The van der Waals surface area contributed by atoms with Crippen LogP contribution in [0, 0.1) is 0 Å². The molecule has 1 aliphatic rings. The summed E-state index contributed by atoms with van der Waals surface area (Å²) in [6.07, 6.45) is 0. The fourth-order valence-corrected chi connectivity index (χ4v) is 8.38. The van der Waals surface area contributed by atoms with Crippen molar-refractivity contribution in [2.75, 3.05) is 0 Å². The number of nitrogens with zero attached hydrogens (tertiary/aromatic N) is 2. The molecule has 2 nitrogen and oxygen atoms in total. The number of rotatable bonds is 5. The van der Waals surface area contributed by atoms with Crippen molar-refractivity contribution in [3.63, 3.8) is 0 Å². The van der Waals surface area contributed by atoms with Gasteiger partial charge in [0.25, 0.3) is 0 Å². The first-order valence-corrected chi connectivity index (χ1v) is 18.3. The third-order valence-corrected chi connectivity index (χ3v) is 11.1. The van der Waals surface area contributed by atoms with E-state index < -0.39 is 0 Å². The summed E-state index contributed by atoms with van der Waals surface area (Å²) in [6.45, 7) is 4.71. The van der Waals surface area contributed by atoms with Crippen LogP contribution in [0.2, 0.25) is 0 Å². The molecule has 9 aromatic rings. The maximum atomic E-state index is 5.22. The lowest BCUT2D eigenvalue weighted by Crippen LogP contribution is -2.14. The lowest BCUT2D eigenvalue weighted by Gasteiger charge is -2.22. The van der Waals surface area contributed by atoms with Crippen molar-refractivity contribution >= 4 is 21.5 Å². The van der Waals surface area contributed by atoms with Gasteiger partial charge in [0.2, 0.25) is 0 Å². The Morgan fingerprint density at radius 1 is 0.358 bits per heavy atom. The zero-order valence-electron chi connectivity index (χ0n) is 29.7.